The molecule has 0 saturated carbocycles. The molecule has 2 aromatic heterocycles. The van der Waals surface area contributed by atoms with E-state index in [1.807, 2.05) is 13.8 Å². The van der Waals surface area contributed by atoms with Crippen molar-refractivity contribution in [2.75, 3.05) is 23.4 Å². The lowest BCUT2D eigenvalue weighted by molar-refractivity contribution is -0.126. The van der Waals surface area contributed by atoms with Crippen LogP contribution in [0.25, 0.3) is 11.3 Å². The van der Waals surface area contributed by atoms with Gasteiger partial charge in [-0.1, -0.05) is 12.1 Å². The molecule has 32 heavy (non-hydrogen) atoms. The van der Waals surface area contributed by atoms with Crippen LogP contribution in [0, 0.1) is 0 Å². The van der Waals surface area contributed by atoms with Crippen LogP contribution in [0.15, 0.2) is 42.0 Å². The first-order chi connectivity index (χ1) is 15.1. The lowest BCUT2D eigenvalue weighted by atomic mass is 10.1. The number of ether oxygens (including phenoxy) is 2. The molecule has 0 spiro atoms. The maximum atomic E-state index is 12.7. The zero-order chi connectivity index (χ0) is 23.3. The van der Waals surface area contributed by atoms with Gasteiger partial charge in [0.2, 0.25) is 15.9 Å². The van der Waals surface area contributed by atoms with Gasteiger partial charge in [-0.25, -0.2) is 18.4 Å². The van der Waals surface area contributed by atoms with E-state index in [1.165, 1.54) is 7.11 Å². The van der Waals surface area contributed by atoms with Gasteiger partial charge in [0.05, 0.1) is 36.1 Å². The fraction of sp³-hybridized carbons (Fsp3) is 0.300. The molecule has 0 radical (unpaired) electrons. The number of thiazole rings is 1. The Bertz CT molecular complexity index is 1180. The minimum absolute atomic E-state index is 0.0122. The highest BCUT2D eigenvalue weighted by molar-refractivity contribution is 7.92. The maximum Gasteiger partial charge on any atom is 0.259 e. The molecule has 170 valence electrons. The fourth-order valence-corrected chi connectivity index (χ4v) is 4.27. The second kappa shape index (κ2) is 10.0. The van der Waals surface area contributed by atoms with E-state index in [-0.39, 0.29) is 11.2 Å². The lowest BCUT2D eigenvalue weighted by Gasteiger charge is -2.14. The van der Waals surface area contributed by atoms with E-state index in [1.54, 1.807) is 42.0 Å². The second-order valence-corrected chi connectivity index (χ2v) is 9.65. The highest BCUT2D eigenvalue weighted by atomic mass is 32.2. The minimum Gasteiger partial charge on any atom is -0.474 e. The Morgan fingerprint density at radius 3 is 2.47 bits per heavy atom. The summed E-state index contributed by atoms with van der Waals surface area (Å²) in [5.41, 5.74) is 2.30. The average Bonchev–Trinajstić information content (AvgIpc) is 3.15. The summed E-state index contributed by atoms with van der Waals surface area (Å²) >= 11 is 1.06. The van der Waals surface area contributed by atoms with Crippen LogP contribution < -0.4 is 14.8 Å². The molecule has 1 unspecified atom stereocenters. The van der Waals surface area contributed by atoms with Crippen molar-refractivity contribution < 1.29 is 22.7 Å². The maximum absolute atomic E-state index is 12.7. The SMILES string of the molecule is COC(C(=O)Nc1ccc(-c2cncc(OC(C)C)n2)cc1)c1csc(NS(C)(=O)=O)n1. The molecular weight excluding hydrogens is 454 g/mol. The third-order valence-corrected chi connectivity index (χ3v) is 5.42. The molecule has 2 N–H and O–H groups in total. The summed E-state index contributed by atoms with van der Waals surface area (Å²) < 4.78 is 35.8. The molecule has 0 saturated heterocycles. The van der Waals surface area contributed by atoms with Crippen LogP contribution in [0.1, 0.15) is 25.6 Å². The molecule has 0 fully saturated rings. The summed E-state index contributed by atoms with van der Waals surface area (Å²) in [4.78, 5) is 25.4. The number of methoxy groups -OCH3 is 1. The van der Waals surface area contributed by atoms with Gasteiger partial charge < -0.3 is 14.8 Å². The van der Waals surface area contributed by atoms with E-state index < -0.39 is 22.0 Å². The summed E-state index contributed by atoms with van der Waals surface area (Å²) in [6.45, 7) is 3.82. The molecule has 3 rings (SSSR count). The number of benzene rings is 1. The average molecular weight is 478 g/mol. The Kier molecular flexibility index (Phi) is 7.38. The van der Waals surface area contributed by atoms with E-state index in [0.29, 0.717) is 23.0 Å². The van der Waals surface area contributed by atoms with Gasteiger partial charge in [-0.05, 0) is 26.0 Å². The fourth-order valence-electron chi connectivity index (χ4n) is 2.69. The highest BCUT2D eigenvalue weighted by Gasteiger charge is 2.24. The van der Waals surface area contributed by atoms with Crippen LogP contribution in [-0.4, -0.2) is 48.7 Å². The smallest absolute Gasteiger partial charge is 0.259 e. The molecule has 0 aliphatic heterocycles. The van der Waals surface area contributed by atoms with Crippen LogP contribution in [0.5, 0.6) is 5.88 Å². The lowest BCUT2D eigenvalue weighted by Crippen LogP contribution is -2.23. The van der Waals surface area contributed by atoms with Crippen molar-refractivity contribution in [1.29, 1.82) is 0 Å². The Morgan fingerprint density at radius 1 is 1.12 bits per heavy atom. The number of aromatic nitrogens is 3. The summed E-state index contributed by atoms with van der Waals surface area (Å²) in [6.07, 6.45) is 3.19. The number of carbonyl (C=O) groups is 1. The monoisotopic (exact) mass is 477 g/mol. The third kappa shape index (κ3) is 6.45. The summed E-state index contributed by atoms with van der Waals surface area (Å²) in [5, 5.41) is 4.49. The van der Waals surface area contributed by atoms with Gasteiger partial charge in [-0.3, -0.25) is 14.5 Å². The largest absolute Gasteiger partial charge is 0.474 e. The first-order valence-electron chi connectivity index (χ1n) is 9.50. The molecule has 0 aliphatic carbocycles. The Balaban J connectivity index is 1.70. The molecule has 1 aromatic carbocycles. The van der Waals surface area contributed by atoms with Crippen LogP contribution in [-0.2, 0) is 19.6 Å². The molecular formula is C20H23N5O5S2. The zero-order valence-corrected chi connectivity index (χ0v) is 19.5. The number of amides is 1. The van der Waals surface area contributed by atoms with Crippen LogP contribution in [0.4, 0.5) is 10.8 Å². The standard InChI is InChI=1S/C20H23N5O5S2/c1-12(2)30-17-10-21-9-15(23-17)13-5-7-14(8-6-13)22-19(26)18(29-3)16-11-31-20(24-16)25-32(4,27)28/h5-12,18H,1-4H3,(H,22,26)(H,24,25). The van der Waals surface area contributed by atoms with Crippen molar-refractivity contribution in [2.24, 2.45) is 0 Å². The third-order valence-electron chi connectivity index (χ3n) is 3.95. The molecule has 1 atom stereocenters. The number of nitrogens with zero attached hydrogens (tertiary/aromatic N) is 3. The van der Waals surface area contributed by atoms with Crippen molar-refractivity contribution in [3.05, 3.63) is 47.7 Å². The summed E-state index contributed by atoms with van der Waals surface area (Å²) in [7, 11) is -2.09. The first-order valence-corrected chi connectivity index (χ1v) is 12.3. The Morgan fingerprint density at radius 2 is 1.84 bits per heavy atom. The van der Waals surface area contributed by atoms with Gasteiger partial charge in [0.25, 0.3) is 5.91 Å². The molecule has 0 bridgehead atoms. The molecule has 10 nitrogen and oxygen atoms in total. The number of hydrogen-bond donors (Lipinski definition) is 2. The van der Waals surface area contributed by atoms with Crippen LogP contribution >= 0.6 is 11.3 Å². The van der Waals surface area contributed by atoms with Crippen molar-refractivity contribution in [3.63, 3.8) is 0 Å². The van der Waals surface area contributed by atoms with Gasteiger partial charge in [0.15, 0.2) is 11.2 Å². The Labute approximate surface area is 190 Å². The highest BCUT2D eigenvalue weighted by Crippen LogP contribution is 2.26. The minimum atomic E-state index is -3.46. The predicted octanol–water partition coefficient (Wildman–Crippen LogP) is 3.09. The topological polar surface area (TPSA) is 132 Å². The summed E-state index contributed by atoms with van der Waals surface area (Å²) in [5.74, 6) is -0.00520. The normalized spacial score (nSPS) is 12.4. The second-order valence-electron chi connectivity index (χ2n) is 7.04. The van der Waals surface area contributed by atoms with Crippen LogP contribution in [0.3, 0.4) is 0 Å². The summed E-state index contributed by atoms with van der Waals surface area (Å²) in [6, 6.07) is 7.07. The van der Waals surface area contributed by atoms with E-state index >= 15 is 0 Å². The van der Waals surface area contributed by atoms with Crippen molar-refractivity contribution >= 4 is 38.1 Å². The van der Waals surface area contributed by atoms with E-state index in [0.717, 1.165) is 23.2 Å². The van der Waals surface area contributed by atoms with Crippen molar-refractivity contribution in [3.8, 4) is 17.1 Å². The number of rotatable bonds is 9. The van der Waals surface area contributed by atoms with E-state index in [2.05, 4.69) is 25.0 Å². The number of sulfonamides is 1. The van der Waals surface area contributed by atoms with E-state index in [9.17, 15) is 13.2 Å². The number of anilines is 2. The van der Waals surface area contributed by atoms with Gasteiger partial charge in [-0.2, -0.15) is 0 Å². The van der Waals surface area contributed by atoms with Gasteiger partial charge >= 0.3 is 0 Å². The Hall–Kier alpha value is -3.09. The van der Waals surface area contributed by atoms with Gasteiger partial charge in [-0.15, -0.1) is 11.3 Å². The van der Waals surface area contributed by atoms with Crippen molar-refractivity contribution in [2.45, 2.75) is 26.1 Å². The number of nitrogens with one attached hydrogen (secondary N) is 2. The van der Waals surface area contributed by atoms with Gasteiger partial charge in [0, 0.05) is 23.7 Å². The van der Waals surface area contributed by atoms with Gasteiger partial charge in [0.1, 0.15) is 0 Å². The number of carbonyl (C=O) groups excluding carboxylic acids is 1. The molecule has 0 aliphatic rings. The quantitative estimate of drug-likeness (QED) is 0.480. The molecule has 1 amide bonds. The number of hydrogen-bond acceptors (Lipinski definition) is 9. The predicted molar refractivity (Wildman–Crippen MR) is 122 cm³/mol. The first kappa shape index (κ1) is 23.6. The molecule has 3 aromatic rings. The van der Waals surface area contributed by atoms with E-state index in [4.69, 9.17) is 9.47 Å². The molecule has 12 heteroatoms. The van der Waals surface area contributed by atoms with Crippen molar-refractivity contribution in [1.82, 2.24) is 15.0 Å². The van der Waals surface area contributed by atoms with Crippen LogP contribution in [0.2, 0.25) is 0 Å². The zero-order valence-electron chi connectivity index (χ0n) is 17.9. The molecule has 2 heterocycles.